The lowest BCUT2D eigenvalue weighted by atomic mass is 10.1. The van der Waals surface area contributed by atoms with Crippen LogP contribution in [0, 0.1) is 24.0 Å². The summed E-state index contributed by atoms with van der Waals surface area (Å²) in [7, 11) is 0. The zero-order chi connectivity index (χ0) is 21.5. The number of nitro benzene ring substituents is 1. The number of ether oxygens (including phenoxy) is 2. The van der Waals surface area contributed by atoms with Gasteiger partial charge in [0, 0.05) is 11.8 Å². The Balaban J connectivity index is 1.53. The standard InChI is InChI=1S/C23H17N3O5/c1-13-3-6-17-20(7-13)31-23(25-17)15-5-4-14(2)18(8-15)24-11-16-9-21-22(30-12-29-21)10-19(16)26(27)28/h3-11H,12H2,1-2H3. The van der Waals surface area contributed by atoms with Crippen molar-refractivity contribution in [3.8, 4) is 23.0 Å². The molecular formula is C23H17N3O5. The zero-order valence-electron chi connectivity index (χ0n) is 16.8. The molecule has 0 saturated carbocycles. The summed E-state index contributed by atoms with van der Waals surface area (Å²) in [6, 6.07) is 14.4. The van der Waals surface area contributed by atoms with E-state index >= 15 is 0 Å². The molecule has 0 unspecified atom stereocenters. The largest absolute Gasteiger partial charge is 0.454 e. The third kappa shape index (κ3) is 3.48. The molecule has 0 amide bonds. The molecule has 4 aromatic rings. The van der Waals surface area contributed by atoms with E-state index in [9.17, 15) is 10.1 Å². The summed E-state index contributed by atoms with van der Waals surface area (Å²) in [5.74, 6) is 1.30. The minimum Gasteiger partial charge on any atom is -0.454 e. The summed E-state index contributed by atoms with van der Waals surface area (Å²) < 4.78 is 16.5. The molecule has 0 fully saturated rings. The average Bonchev–Trinajstić information content (AvgIpc) is 3.38. The van der Waals surface area contributed by atoms with Crippen LogP contribution in [0.1, 0.15) is 16.7 Å². The molecular weight excluding hydrogens is 398 g/mol. The number of nitrogens with zero attached hydrogens (tertiary/aromatic N) is 3. The van der Waals surface area contributed by atoms with Gasteiger partial charge in [-0.1, -0.05) is 12.1 Å². The normalized spacial score (nSPS) is 12.7. The molecule has 0 radical (unpaired) electrons. The third-order valence-corrected chi connectivity index (χ3v) is 5.06. The second-order valence-corrected chi connectivity index (χ2v) is 7.27. The summed E-state index contributed by atoms with van der Waals surface area (Å²) in [5, 5.41) is 11.5. The summed E-state index contributed by atoms with van der Waals surface area (Å²) in [6.45, 7) is 3.95. The van der Waals surface area contributed by atoms with E-state index in [0.29, 0.717) is 28.6 Å². The molecule has 0 aliphatic carbocycles. The Kier molecular flexibility index (Phi) is 4.39. The number of oxazole rings is 1. The number of aromatic nitrogens is 1. The lowest BCUT2D eigenvalue weighted by molar-refractivity contribution is -0.385. The number of aryl methyl sites for hydroxylation is 2. The van der Waals surface area contributed by atoms with Crippen molar-refractivity contribution in [2.24, 2.45) is 4.99 Å². The van der Waals surface area contributed by atoms with Crippen molar-refractivity contribution in [1.82, 2.24) is 4.98 Å². The van der Waals surface area contributed by atoms with Gasteiger partial charge in [0.2, 0.25) is 12.7 Å². The monoisotopic (exact) mass is 415 g/mol. The van der Waals surface area contributed by atoms with Crippen molar-refractivity contribution in [2.45, 2.75) is 13.8 Å². The van der Waals surface area contributed by atoms with E-state index in [-0.39, 0.29) is 12.5 Å². The molecule has 5 rings (SSSR count). The van der Waals surface area contributed by atoms with Gasteiger partial charge in [-0.2, -0.15) is 0 Å². The zero-order valence-corrected chi connectivity index (χ0v) is 16.8. The Morgan fingerprint density at radius 1 is 1.06 bits per heavy atom. The van der Waals surface area contributed by atoms with Crippen LogP contribution in [0.3, 0.4) is 0 Å². The van der Waals surface area contributed by atoms with E-state index in [1.807, 2.05) is 50.2 Å². The van der Waals surface area contributed by atoms with E-state index in [1.54, 1.807) is 6.07 Å². The summed E-state index contributed by atoms with van der Waals surface area (Å²) in [5.41, 5.74) is 5.16. The number of aliphatic imine (C=N–C) groups is 1. The summed E-state index contributed by atoms with van der Waals surface area (Å²) >= 11 is 0. The molecule has 0 N–H and O–H groups in total. The smallest absolute Gasteiger partial charge is 0.282 e. The van der Waals surface area contributed by atoms with Gasteiger partial charge in [0.25, 0.3) is 5.69 Å². The van der Waals surface area contributed by atoms with Gasteiger partial charge in [0.15, 0.2) is 17.1 Å². The SMILES string of the molecule is Cc1ccc2nc(-c3ccc(C)c(N=Cc4cc5c(cc4[N+](=O)[O-])OCO5)c3)oc2c1. The molecule has 1 aromatic heterocycles. The minimum absolute atomic E-state index is 0.0399. The highest BCUT2D eigenvalue weighted by molar-refractivity contribution is 5.89. The number of fused-ring (bicyclic) bond motifs is 2. The fourth-order valence-electron chi connectivity index (χ4n) is 3.38. The predicted molar refractivity (Wildman–Crippen MR) is 115 cm³/mol. The van der Waals surface area contributed by atoms with Gasteiger partial charge in [0.05, 0.1) is 22.2 Å². The Morgan fingerprint density at radius 3 is 2.68 bits per heavy atom. The first kappa shape index (κ1) is 18.8. The number of hydrogen-bond acceptors (Lipinski definition) is 7. The molecule has 2 heterocycles. The quantitative estimate of drug-likeness (QED) is 0.248. The molecule has 0 saturated heterocycles. The van der Waals surface area contributed by atoms with E-state index in [4.69, 9.17) is 13.9 Å². The van der Waals surface area contributed by atoms with Crippen molar-refractivity contribution in [3.05, 3.63) is 75.3 Å². The van der Waals surface area contributed by atoms with Gasteiger partial charge in [-0.3, -0.25) is 15.1 Å². The highest BCUT2D eigenvalue weighted by Crippen LogP contribution is 2.37. The first-order valence-electron chi connectivity index (χ1n) is 9.58. The first-order valence-corrected chi connectivity index (χ1v) is 9.58. The van der Waals surface area contributed by atoms with E-state index < -0.39 is 4.92 Å². The second kappa shape index (κ2) is 7.24. The molecule has 31 heavy (non-hydrogen) atoms. The Bertz CT molecular complexity index is 1370. The van der Waals surface area contributed by atoms with Gasteiger partial charge in [0.1, 0.15) is 5.52 Å². The van der Waals surface area contributed by atoms with E-state index in [1.165, 1.54) is 12.3 Å². The van der Waals surface area contributed by atoms with Crippen LogP contribution in [0.5, 0.6) is 11.5 Å². The van der Waals surface area contributed by atoms with Gasteiger partial charge in [-0.25, -0.2) is 4.98 Å². The molecule has 154 valence electrons. The lowest BCUT2D eigenvalue weighted by Crippen LogP contribution is -1.95. The Hall–Kier alpha value is -4.20. The maximum absolute atomic E-state index is 11.5. The van der Waals surface area contributed by atoms with Crippen molar-refractivity contribution in [2.75, 3.05) is 6.79 Å². The molecule has 0 spiro atoms. The number of hydrogen-bond donors (Lipinski definition) is 0. The molecule has 8 nitrogen and oxygen atoms in total. The van der Waals surface area contributed by atoms with Crippen LogP contribution >= 0.6 is 0 Å². The maximum atomic E-state index is 11.5. The Morgan fingerprint density at radius 2 is 1.87 bits per heavy atom. The van der Waals surface area contributed by atoms with Gasteiger partial charge >= 0.3 is 0 Å². The summed E-state index contributed by atoms with van der Waals surface area (Å²) in [6.07, 6.45) is 1.46. The summed E-state index contributed by atoms with van der Waals surface area (Å²) in [4.78, 5) is 20.1. The van der Waals surface area contributed by atoms with Crippen LogP contribution in [0.2, 0.25) is 0 Å². The molecule has 3 aromatic carbocycles. The van der Waals surface area contributed by atoms with Crippen molar-refractivity contribution in [3.63, 3.8) is 0 Å². The van der Waals surface area contributed by atoms with Crippen LogP contribution in [0.15, 0.2) is 57.9 Å². The average molecular weight is 415 g/mol. The predicted octanol–water partition coefficient (Wildman–Crippen LogP) is 5.50. The van der Waals surface area contributed by atoms with Crippen LogP contribution in [-0.4, -0.2) is 22.9 Å². The minimum atomic E-state index is -0.465. The van der Waals surface area contributed by atoms with Crippen LogP contribution in [-0.2, 0) is 0 Å². The third-order valence-electron chi connectivity index (χ3n) is 5.06. The van der Waals surface area contributed by atoms with Crippen molar-refractivity contribution >= 4 is 28.7 Å². The lowest BCUT2D eigenvalue weighted by Gasteiger charge is -2.04. The number of nitro groups is 1. The van der Waals surface area contributed by atoms with Gasteiger partial charge < -0.3 is 13.9 Å². The van der Waals surface area contributed by atoms with Crippen molar-refractivity contribution < 1.29 is 18.8 Å². The molecule has 1 aliphatic rings. The van der Waals surface area contributed by atoms with Crippen LogP contribution in [0.4, 0.5) is 11.4 Å². The van der Waals surface area contributed by atoms with Gasteiger partial charge in [-0.05, 0) is 55.3 Å². The fraction of sp³-hybridized carbons (Fsp3) is 0.130. The number of rotatable bonds is 4. The number of benzene rings is 3. The highest BCUT2D eigenvalue weighted by atomic mass is 16.7. The second-order valence-electron chi connectivity index (χ2n) is 7.27. The van der Waals surface area contributed by atoms with E-state index in [0.717, 1.165) is 27.8 Å². The first-order chi connectivity index (χ1) is 15.0. The topological polar surface area (TPSA) is 100.0 Å². The van der Waals surface area contributed by atoms with E-state index in [2.05, 4.69) is 9.98 Å². The molecule has 0 atom stereocenters. The maximum Gasteiger partial charge on any atom is 0.282 e. The fourth-order valence-corrected chi connectivity index (χ4v) is 3.38. The molecule has 8 heteroatoms. The van der Waals surface area contributed by atoms with Crippen LogP contribution in [0.25, 0.3) is 22.6 Å². The highest BCUT2D eigenvalue weighted by Gasteiger charge is 2.22. The van der Waals surface area contributed by atoms with Gasteiger partial charge in [-0.15, -0.1) is 0 Å². The molecule has 0 bridgehead atoms. The Labute approximate surface area is 176 Å². The molecule has 1 aliphatic heterocycles. The van der Waals surface area contributed by atoms with Crippen LogP contribution < -0.4 is 9.47 Å². The van der Waals surface area contributed by atoms with Crippen molar-refractivity contribution in [1.29, 1.82) is 0 Å².